The second-order valence-corrected chi connectivity index (χ2v) is 9.42. The number of amides is 1. The third kappa shape index (κ3) is 7.03. The van der Waals surface area contributed by atoms with E-state index in [1.807, 2.05) is 12.1 Å². The van der Waals surface area contributed by atoms with E-state index >= 15 is 0 Å². The average Bonchev–Trinajstić information content (AvgIpc) is 2.63. The van der Waals surface area contributed by atoms with Crippen LogP contribution in [0.3, 0.4) is 0 Å². The minimum Gasteiger partial charge on any atom is -0.492 e. The molecule has 0 aromatic heterocycles. The SMILES string of the molecule is CC(C)(C)c1ccc(CCC(=O)NCCOc2ccc(C(C)(C)C)cc2)cc1. The summed E-state index contributed by atoms with van der Waals surface area (Å²) in [4.78, 5) is 12.0. The van der Waals surface area contributed by atoms with E-state index in [1.165, 1.54) is 16.7 Å². The van der Waals surface area contributed by atoms with Gasteiger partial charge in [-0.25, -0.2) is 0 Å². The number of ether oxygens (including phenoxy) is 1. The van der Waals surface area contributed by atoms with Crippen LogP contribution in [0.4, 0.5) is 0 Å². The molecule has 0 bridgehead atoms. The van der Waals surface area contributed by atoms with Crippen LogP contribution in [0.2, 0.25) is 0 Å². The predicted molar refractivity (Wildman–Crippen MR) is 117 cm³/mol. The highest BCUT2D eigenvalue weighted by Crippen LogP contribution is 2.24. The van der Waals surface area contributed by atoms with Crippen molar-refractivity contribution in [1.82, 2.24) is 5.32 Å². The zero-order valence-corrected chi connectivity index (χ0v) is 18.3. The van der Waals surface area contributed by atoms with Gasteiger partial charge in [-0.3, -0.25) is 4.79 Å². The van der Waals surface area contributed by atoms with E-state index in [1.54, 1.807) is 0 Å². The lowest BCUT2D eigenvalue weighted by atomic mass is 9.86. The van der Waals surface area contributed by atoms with E-state index in [-0.39, 0.29) is 16.7 Å². The van der Waals surface area contributed by atoms with Gasteiger partial charge in [0.1, 0.15) is 12.4 Å². The van der Waals surface area contributed by atoms with Gasteiger partial charge >= 0.3 is 0 Å². The van der Waals surface area contributed by atoms with Crippen LogP contribution in [0.25, 0.3) is 0 Å². The zero-order chi connectivity index (χ0) is 20.8. The van der Waals surface area contributed by atoms with E-state index in [0.717, 1.165) is 12.2 Å². The molecule has 2 aromatic rings. The number of hydrogen-bond acceptors (Lipinski definition) is 2. The third-order valence-electron chi connectivity index (χ3n) is 4.87. The molecule has 0 spiro atoms. The molecule has 0 fully saturated rings. The van der Waals surface area contributed by atoms with Gasteiger partial charge in [0, 0.05) is 6.42 Å². The molecule has 0 saturated heterocycles. The molecule has 0 unspecified atom stereocenters. The molecule has 152 valence electrons. The van der Waals surface area contributed by atoms with Crippen molar-refractivity contribution in [1.29, 1.82) is 0 Å². The van der Waals surface area contributed by atoms with E-state index in [0.29, 0.717) is 19.6 Å². The minimum atomic E-state index is 0.0616. The molecule has 0 aliphatic carbocycles. The first-order chi connectivity index (χ1) is 13.1. The smallest absolute Gasteiger partial charge is 0.220 e. The topological polar surface area (TPSA) is 38.3 Å². The van der Waals surface area contributed by atoms with Gasteiger partial charge in [0.25, 0.3) is 0 Å². The van der Waals surface area contributed by atoms with Gasteiger partial charge in [0.05, 0.1) is 6.54 Å². The summed E-state index contributed by atoms with van der Waals surface area (Å²) in [5.41, 5.74) is 4.08. The van der Waals surface area contributed by atoms with Crippen molar-refractivity contribution in [3.8, 4) is 5.75 Å². The second-order valence-electron chi connectivity index (χ2n) is 9.42. The van der Waals surface area contributed by atoms with Crippen LogP contribution in [0, 0.1) is 0 Å². The first-order valence-electron chi connectivity index (χ1n) is 10.2. The largest absolute Gasteiger partial charge is 0.492 e. The molecular weight excluding hydrogens is 346 g/mol. The van der Waals surface area contributed by atoms with E-state index in [9.17, 15) is 4.79 Å². The fraction of sp³-hybridized carbons (Fsp3) is 0.480. The molecule has 3 nitrogen and oxygen atoms in total. The first kappa shape index (κ1) is 22.0. The van der Waals surface area contributed by atoms with Crippen molar-refractivity contribution in [3.05, 3.63) is 65.2 Å². The number of rotatable bonds is 7. The Morgan fingerprint density at radius 2 is 1.32 bits per heavy atom. The van der Waals surface area contributed by atoms with Gasteiger partial charge in [-0.2, -0.15) is 0 Å². The Morgan fingerprint density at radius 1 is 0.821 bits per heavy atom. The molecule has 0 aliphatic rings. The van der Waals surface area contributed by atoms with E-state index in [4.69, 9.17) is 4.74 Å². The molecular formula is C25H35NO2. The summed E-state index contributed by atoms with van der Waals surface area (Å²) >= 11 is 0. The Kier molecular flexibility index (Phi) is 7.29. The number of carbonyl (C=O) groups is 1. The molecule has 1 amide bonds. The molecule has 0 radical (unpaired) electrons. The summed E-state index contributed by atoms with van der Waals surface area (Å²) in [7, 11) is 0. The third-order valence-corrected chi connectivity index (χ3v) is 4.87. The number of aryl methyl sites for hydroxylation is 1. The van der Waals surface area contributed by atoms with Gasteiger partial charge in [0.15, 0.2) is 0 Å². The molecule has 0 heterocycles. The molecule has 0 saturated carbocycles. The fourth-order valence-electron chi connectivity index (χ4n) is 2.93. The van der Waals surface area contributed by atoms with E-state index < -0.39 is 0 Å². The van der Waals surface area contributed by atoms with Gasteiger partial charge in [0.2, 0.25) is 5.91 Å². The number of hydrogen-bond donors (Lipinski definition) is 1. The highest BCUT2D eigenvalue weighted by molar-refractivity contribution is 5.76. The maximum absolute atomic E-state index is 12.0. The number of benzene rings is 2. The summed E-state index contributed by atoms with van der Waals surface area (Å²) < 4.78 is 5.72. The maximum atomic E-state index is 12.0. The van der Waals surface area contributed by atoms with Crippen molar-refractivity contribution in [2.24, 2.45) is 0 Å². The summed E-state index contributed by atoms with van der Waals surface area (Å²) in [6.07, 6.45) is 1.25. The summed E-state index contributed by atoms with van der Waals surface area (Å²) in [6.45, 7) is 14.2. The van der Waals surface area contributed by atoms with Crippen molar-refractivity contribution < 1.29 is 9.53 Å². The minimum absolute atomic E-state index is 0.0616. The Balaban J connectivity index is 1.67. The van der Waals surface area contributed by atoms with Crippen LogP contribution in [0.15, 0.2) is 48.5 Å². The predicted octanol–water partition coefficient (Wildman–Crippen LogP) is 5.41. The van der Waals surface area contributed by atoms with Crippen molar-refractivity contribution in [2.45, 2.75) is 65.2 Å². The van der Waals surface area contributed by atoms with Gasteiger partial charge in [-0.05, 0) is 46.1 Å². The van der Waals surface area contributed by atoms with Crippen LogP contribution in [0.1, 0.15) is 64.7 Å². The Hall–Kier alpha value is -2.29. The lowest BCUT2D eigenvalue weighted by Crippen LogP contribution is -2.28. The molecule has 2 rings (SSSR count). The molecule has 2 aromatic carbocycles. The van der Waals surface area contributed by atoms with Crippen molar-refractivity contribution in [2.75, 3.05) is 13.2 Å². The first-order valence-corrected chi connectivity index (χ1v) is 10.2. The Morgan fingerprint density at radius 3 is 1.82 bits per heavy atom. The van der Waals surface area contributed by atoms with Gasteiger partial charge in [-0.15, -0.1) is 0 Å². The van der Waals surface area contributed by atoms with Gasteiger partial charge in [-0.1, -0.05) is 77.9 Å². The quantitative estimate of drug-likeness (QED) is 0.651. The highest BCUT2D eigenvalue weighted by Gasteiger charge is 2.14. The molecule has 28 heavy (non-hydrogen) atoms. The summed E-state index contributed by atoms with van der Waals surface area (Å²) in [6, 6.07) is 16.7. The number of nitrogens with one attached hydrogen (secondary N) is 1. The van der Waals surface area contributed by atoms with E-state index in [2.05, 4.69) is 83.3 Å². The fourth-order valence-corrected chi connectivity index (χ4v) is 2.93. The molecule has 3 heteroatoms. The number of carbonyl (C=O) groups excluding carboxylic acids is 1. The van der Waals surface area contributed by atoms with Crippen LogP contribution in [0.5, 0.6) is 5.75 Å². The summed E-state index contributed by atoms with van der Waals surface area (Å²) in [5, 5.41) is 2.93. The standard InChI is InChI=1S/C25H35NO2/c1-24(2,3)20-10-7-19(8-11-20)9-16-23(27)26-17-18-28-22-14-12-21(13-15-22)25(4,5)6/h7-8,10-15H,9,16-18H2,1-6H3,(H,26,27). The average molecular weight is 382 g/mol. The second kappa shape index (κ2) is 9.27. The van der Waals surface area contributed by atoms with Gasteiger partial charge < -0.3 is 10.1 Å². The van der Waals surface area contributed by atoms with Crippen molar-refractivity contribution in [3.63, 3.8) is 0 Å². The lowest BCUT2D eigenvalue weighted by molar-refractivity contribution is -0.121. The lowest BCUT2D eigenvalue weighted by Gasteiger charge is -2.19. The van der Waals surface area contributed by atoms with Crippen molar-refractivity contribution >= 4 is 5.91 Å². The normalized spacial score (nSPS) is 11.9. The van der Waals surface area contributed by atoms with Crippen LogP contribution in [-0.4, -0.2) is 19.1 Å². The highest BCUT2D eigenvalue weighted by atomic mass is 16.5. The molecule has 0 atom stereocenters. The monoisotopic (exact) mass is 381 g/mol. The van der Waals surface area contributed by atoms with Crippen LogP contribution >= 0.6 is 0 Å². The Labute approximate surface area is 170 Å². The van der Waals surface area contributed by atoms with Crippen LogP contribution < -0.4 is 10.1 Å². The summed E-state index contributed by atoms with van der Waals surface area (Å²) in [5.74, 6) is 0.896. The Bertz CT molecular complexity index is 747. The van der Waals surface area contributed by atoms with Crippen LogP contribution in [-0.2, 0) is 22.0 Å². The maximum Gasteiger partial charge on any atom is 0.220 e. The molecule has 1 N–H and O–H groups in total. The molecule has 0 aliphatic heterocycles. The zero-order valence-electron chi connectivity index (χ0n) is 18.3.